The fourth-order valence-electron chi connectivity index (χ4n) is 2.12. The Bertz CT molecular complexity index is 483. The van der Waals surface area contributed by atoms with Crippen molar-refractivity contribution in [1.29, 1.82) is 0 Å². The van der Waals surface area contributed by atoms with Crippen LogP contribution in [0.4, 0.5) is 0 Å². The summed E-state index contributed by atoms with van der Waals surface area (Å²) in [5.74, 6) is -0.879. The Morgan fingerprint density at radius 1 is 1.35 bits per heavy atom. The van der Waals surface area contributed by atoms with E-state index in [4.69, 9.17) is 9.84 Å². The van der Waals surface area contributed by atoms with E-state index in [9.17, 15) is 9.59 Å². The largest absolute Gasteiger partial charge is 0.478 e. The van der Waals surface area contributed by atoms with Crippen LogP contribution in [0.25, 0.3) is 0 Å². The van der Waals surface area contributed by atoms with E-state index in [1.54, 1.807) is 24.3 Å². The van der Waals surface area contributed by atoms with Crippen molar-refractivity contribution in [2.75, 3.05) is 13.2 Å². The second-order valence-corrected chi connectivity index (χ2v) is 4.88. The minimum atomic E-state index is -0.930. The van der Waals surface area contributed by atoms with Gasteiger partial charge in [0.2, 0.25) is 5.91 Å². The molecule has 0 heterocycles. The fourth-order valence-corrected chi connectivity index (χ4v) is 2.12. The predicted octanol–water partition coefficient (Wildman–Crippen LogP) is 1.47. The Kier molecular flexibility index (Phi) is 4.74. The summed E-state index contributed by atoms with van der Waals surface area (Å²) in [6, 6.07) is 6.70. The molecule has 1 amide bonds. The van der Waals surface area contributed by atoms with Gasteiger partial charge in [0.15, 0.2) is 0 Å². The number of carboxylic acid groups (broad SMARTS) is 1. The van der Waals surface area contributed by atoms with Gasteiger partial charge in [0.05, 0.1) is 17.6 Å². The van der Waals surface area contributed by atoms with Crippen molar-refractivity contribution < 1.29 is 19.4 Å². The van der Waals surface area contributed by atoms with Gasteiger partial charge in [-0.15, -0.1) is 0 Å². The van der Waals surface area contributed by atoms with Crippen LogP contribution in [0.15, 0.2) is 24.3 Å². The molecule has 5 heteroatoms. The highest BCUT2D eigenvalue weighted by molar-refractivity contribution is 5.87. The molecule has 1 fully saturated rings. The lowest BCUT2D eigenvalue weighted by Gasteiger charge is -2.05. The van der Waals surface area contributed by atoms with Crippen LogP contribution in [0.1, 0.15) is 29.3 Å². The summed E-state index contributed by atoms with van der Waals surface area (Å²) in [6.45, 7) is 3.12. The monoisotopic (exact) mass is 277 g/mol. The van der Waals surface area contributed by atoms with E-state index in [0.717, 1.165) is 12.0 Å². The van der Waals surface area contributed by atoms with E-state index >= 15 is 0 Å². The zero-order valence-corrected chi connectivity index (χ0v) is 11.5. The van der Waals surface area contributed by atoms with Crippen LogP contribution < -0.4 is 5.32 Å². The molecule has 0 aliphatic heterocycles. The zero-order valence-electron chi connectivity index (χ0n) is 11.5. The first-order chi connectivity index (χ1) is 9.61. The number of hydrogen-bond donors (Lipinski definition) is 2. The summed E-state index contributed by atoms with van der Waals surface area (Å²) in [5, 5.41) is 11.7. The number of carbonyl (C=O) groups is 2. The quantitative estimate of drug-likeness (QED) is 0.791. The van der Waals surface area contributed by atoms with Crippen molar-refractivity contribution in [3.05, 3.63) is 35.4 Å². The molecule has 108 valence electrons. The van der Waals surface area contributed by atoms with Gasteiger partial charge >= 0.3 is 5.97 Å². The summed E-state index contributed by atoms with van der Waals surface area (Å²) in [7, 11) is 0. The molecule has 0 spiro atoms. The first kappa shape index (κ1) is 14.5. The molecule has 20 heavy (non-hydrogen) atoms. The Morgan fingerprint density at radius 3 is 2.65 bits per heavy atom. The van der Waals surface area contributed by atoms with Crippen LogP contribution in [0, 0.1) is 5.92 Å². The molecule has 2 rings (SSSR count). The SMILES string of the molecule is CCO[C@H]1C[C@@H]1C(=O)NCCc1ccc(C(=O)O)cc1. The lowest BCUT2D eigenvalue weighted by Crippen LogP contribution is -2.28. The van der Waals surface area contributed by atoms with Gasteiger partial charge < -0.3 is 15.2 Å². The van der Waals surface area contributed by atoms with Crippen LogP contribution in [-0.4, -0.2) is 36.2 Å². The van der Waals surface area contributed by atoms with Crippen molar-refractivity contribution in [2.24, 2.45) is 5.92 Å². The van der Waals surface area contributed by atoms with Crippen LogP contribution in [0.2, 0.25) is 0 Å². The number of ether oxygens (including phenoxy) is 1. The fraction of sp³-hybridized carbons (Fsp3) is 0.467. The Balaban J connectivity index is 1.71. The minimum Gasteiger partial charge on any atom is -0.478 e. The lowest BCUT2D eigenvalue weighted by molar-refractivity contribution is -0.123. The number of carbonyl (C=O) groups excluding carboxylic acids is 1. The number of carboxylic acids is 1. The van der Waals surface area contributed by atoms with E-state index < -0.39 is 5.97 Å². The van der Waals surface area contributed by atoms with Crippen LogP contribution >= 0.6 is 0 Å². The van der Waals surface area contributed by atoms with Gasteiger partial charge in [-0.3, -0.25) is 4.79 Å². The third-order valence-corrected chi connectivity index (χ3v) is 3.36. The highest BCUT2D eigenvalue weighted by atomic mass is 16.5. The molecule has 2 N–H and O–H groups in total. The Morgan fingerprint density at radius 2 is 2.05 bits per heavy atom. The molecule has 1 aliphatic carbocycles. The molecular formula is C15H19NO4. The van der Waals surface area contributed by atoms with Gasteiger partial charge in [-0.05, 0) is 37.5 Å². The van der Waals surface area contributed by atoms with E-state index in [1.165, 1.54) is 0 Å². The van der Waals surface area contributed by atoms with E-state index in [1.807, 2.05) is 6.92 Å². The second-order valence-electron chi connectivity index (χ2n) is 4.88. The number of nitrogens with one attached hydrogen (secondary N) is 1. The van der Waals surface area contributed by atoms with E-state index in [0.29, 0.717) is 19.6 Å². The lowest BCUT2D eigenvalue weighted by atomic mass is 10.1. The van der Waals surface area contributed by atoms with Crippen LogP contribution in [0.3, 0.4) is 0 Å². The maximum absolute atomic E-state index is 11.8. The number of hydrogen-bond acceptors (Lipinski definition) is 3. The van der Waals surface area contributed by atoms with Gasteiger partial charge in [-0.1, -0.05) is 12.1 Å². The predicted molar refractivity (Wildman–Crippen MR) is 73.6 cm³/mol. The van der Waals surface area contributed by atoms with Crippen molar-refractivity contribution in [3.8, 4) is 0 Å². The normalized spacial score (nSPS) is 20.4. The molecule has 0 unspecified atom stereocenters. The molecule has 1 aromatic rings. The number of amides is 1. The first-order valence-electron chi connectivity index (χ1n) is 6.83. The summed E-state index contributed by atoms with van der Waals surface area (Å²) in [6.07, 6.45) is 1.60. The van der Waals surface area contributed by atoms with Crippen LogP contribution in [-0.2, 0) is 16.0 Å². The molecule has 0 aromatic heterocycles. The highest BCUT2D eigenvalue weighted by Gasteiger charge is 2.43. The molecule has 0 saturated heterocycles. The summed E-state index contributed by atoms with van der Waals surface area (Å²) >= 11 is 0. The molecule has 5 nitrogen and oxygen atoms in total. The third-order valence-electron chi connectivity index (χ3n) is 3.36. The molecular weight excluding hydrogens is 258 g/mol. The van der Waals surface area contributed by atoms with Crippen molar-refractivity contribution in [1.82, 2.24) is 5.32 Å². The first-order valence-corrected chi connectivity index (χ1v) is 6.83. The average molecular weight is 277 g/mol. The van der Waals surface area contributed by atoms with Gasteiger partial charge in [0, 0.05) is 13.2 Å². The van der Waals surface area contributed by atoms with Crippen LogP contribution in [0.5, 0.6) is 0 Å². The average Bonchev–Trinajstić information content (AvgIpc) is 3.19. The highest BCUT2D eigenvalue weighted by Crippen LogP contribution is 2.33. The Labute approximate surface area is 117 Å². The number of benzene rings is 1. The van der Waals surface area contributed by atoms with E-state index in [-0.39, 0.29) is 23.5 Å². The maximum Gasteiger partial charge on any atom is 0.335 e. The standard InChI is InChI=1S/C15H19NO4/c1-2-20-13-9-12(13)14(17)16-8-7-10-3-5-11(6-4-10)15(18)19/h3-6,12-13H,2,7-9H2,1H3,(H,16,17)(H,18,19)/t12-,13-/m0/s1. The topological polar surface area (TPSA) is 75.6 Å². The zero-order chi connectivity index (χ0) is 14.5. The smallest absolute Gasteiger partial charge is 0.335 e. The number of rotatable bonds is 7. The summed E-state index contributed by atoms with van der Waals surface area (Å²) < 4.78 is 5.37. The summed E-state index contributed by atoms with van der Waals surface area (Å²) in [4.78, 5) is 22.5. The van der Waals surface area contributed by atoms with Gasteiger partial charge in [0.1, 0.15) is 0 Å². The van der Waals surface area contributed by atoms with Crippen molar-refractivity contribution >= 4 is 11.9 Å². The molecule has 0 radical (unpaired) electrons. The maximum atomic E-state index is 11.8. The van der Waals surface area contributed by atoms with Crippen molar-refractivity contribution in [3.63, 3.8) is 0 Å². The van der Waals surface area contributed by atoms with Gasteiger partial charge in [-0.25, -0.2) is 4.79 Å². The van der Waals surface area contributed by atoms with Gasteiger partial charge in [-0.2, -0.15) is 0 Å². The molecule has 1 aromatic carbocycles. The minimum absolute atomic E-state index is 0.00402. The Hall–Kier alpha value is -1.88. The molecule has 0 bridgehead atoms. The number of aromatic carboxylic acids is 1. The van der Waals surface area contributed by atoms with Gasteiger partial charge in [0.25, 0.3) is 0 Å². The summed E-state index contributed by atoms with van der Waals surface area (Å²) in [5.41, 5.74) is 1.28. The second kappa shape index (κ2) is 6.52. The molecule has 1 aliphatic rings. The van der Waals surface area contributed by atoms with E-state index in [2.05, 4.69) is 5.32 Å². The molecule has 2 atom stereocenters. The van der Waals surface area contributed by atoms with Crippen molar-refractivity contribution in [2.45, 2.75) is 25.9 Å². The molecule has 1 saturated carbocycles. The third kappa shape index (κ3) is 3.81.